The van der Waals surface area contributed by atoms with Crippen LogP contribution in [0.2, 0.25) is 0 Å². The Morgan fingerprint density at radius 3 is 1.00 bits per heavy atom. The molecule has 0 saturated heterocycles. The Labute approximate surface area is 304 Å². The molecule has 0 unspecified atom stereocenters. The Kier molecular flexibility index (Phi) is 36.4. The molecule has 0 aliphatic heterocycles. The minimum Gasteiger partial charge on any atom is -0.462 e. The number of unbranched alkanes of at least 4 members (excludes halogenated alkanes) is 25. The summed E-state index contributed by atoms with van der Waals surface area (Å²) in [6, 6.07) is 0. The summed E-state index contributed by atoms with van der Waals surface area (Å²) in [6.07, 6.45) is 35.5. The maximum absolute atomic E-state index is 12.5. The van der Waals surface area contributed by atoms with Gasteiger partial charge in [0.2, 0.25) is 0 Å². The zero-order valence-electron chi connectivity index (χ0n) is 33.1. The largest absolute Gasteiger partial charge is 0.462 e. The highest BCUT2D eigenvalue weighted by Crippen LogP contribution is 2.16. The van der Waals surface area contributed by atoms with Crippen LogP contribution < -0.4 is 0 Å². The minimum absolute atomic E-state index is 0.0656. The zero-order valence-corrected chi connectivity index (χ0v) is 33.1. The molecule has 0 aromatic rings. The highest BCUT2D eigenvalue weighted by atomic mass is 16.6. The first-order valence-electron chi connectivity index (χ1n) is 21.4. The predicted octanol–water partition coefficient (Wildman–Crippen LogP) is 13.2. The van der Waals surface area contributed by atoms with E-state index in [1.165, 1.54) is 122 Å². The van der Waals surface area contributed by atoms with Crippen LogP contribution in [0.1, 0.15) is 233 Å². The molecular weight excluding hydrogens is 612 g/mol. The first-order valence-corrected chi connectivity index (χ1v) is 21.4. The van der Waals surface area contributed by atoms with Crippen molar-refractivity contribution in [1.29, 1.82) is 0 Å². The number of rotatable bonds is 38. The van der Waals surface area contributed by atoms with Crippen LogP contribution in [0, 0.1) is 5.92 Å². The van der Waals surface area contributed by atoms with Gasteiger partial charge in [0.05, 0.1) is 0 Å². The lowest BCUT2D eigenvalue weighted by Crippen LogP contribution is -2.30. The summed E-state index contributed by atoms with van der Waals surface area (Å²) in [5, 5.41) is 0. The number of esters is 3. The molecule has 6 heteroatoms. The van der Waals surface area contributed by atoms with Crippen molar-refractivity contribution in [2.75, 3.05) is 13.2 Å². The molecule has 0 aliphatic carbocycles. The van der Waals surface area contributed by atoms with Crippen molar-refractivity contribution in [2.45, 2.75) is 239 Å². The molecule has 0 aliphatic rings. The number of ether oxygens (including phenoxy) is 3. The number of carbonyl (C=O) groups excluding carboxylic acids is 3. The molecule has 0 rings (SSSR count). The third-order valence-corrected chi connectivity index (χ3v) is 9.54. The molecule has 290 valence electrons. The topological polar surface area (TPSA) is 78.9 Å². The molecule has 0 fully saturated rings. The predicted molar refractivity (Wildman–Crippen MR) is 206 cm³/mol. The van der Waals surface area contributed by atoms with E-state index < -0.39 is 6.10 Å². The van der Waals surface area contributed by atoms with Crippen molar-refractivity contribution in [3.8, 4) is 0 Å². The van der Waals surface area contributed by atoms with Crippen molar-refractivity contribution < 1.29 is 28.6 Å². The summed E-state index contributed by atoms with van der Waals surface area (Å²) in [7, 11) is 0. The van der Waals surface area contributed by atoms with Gasteiger partial charge in [-0.3, -0.25) is 14.4 Å². The number of hydrogen-bond acceptors (Lipinski definition) is 6. The van der Waals surface area contributed by atoms with E-state index in [0.29, 0.717) is 19.3 Å². The molecule has 0 radical (unpaired) electrons. The Morgan fingerprint density at radius 1 is 0.388 bits per heavy atom. The van der Waals surface area contributed by atoms with Gasteiger partial charge in [0.1, 0.15) is 13.2 Å². The molecule has 0 saturated carbocycles. The summed E-state index contributed by atoms with van der Waals surface area (Å²) >= 11 is 0. The zero-order chi connectivity index (χ0) is 36.0. The molecule has 49 heavy (non-hydrogen) atoms. The monoisotopic (exact) mass is 695 g/mol. The Bertz CT molecular complexity index is 736. The molecule has 0 N–H and O–H groups in total. The molecule has 0 bridgehead atoms. The van der Waals surface area contributed by atoms with Crippen LogP contribution in [0.5, 0.6) is 0 Å². The minimum atomic E-state index is -0.756. The van der Waals surface area contributed by atoms with Crippen molar-refractivity contribution in [3.63, 3.8) is 0 Å². The van der Waals surface area contributed by atoms with Gasteiger partial charge in [0.15, 0.2) is 6.10 Å². The highest BCUT2D eigenvalue weighted by Gasteiger charge is 2.19. The van der Waals surface area contributed by atoms with Crippen molar-refractivity contribution in [1.82, 2.24) is 0 Å². The Balaban J connectivity index is 4.10. The van der Waals surface area contributed by atoms with Gasteiger partial charge in [-0.2, -0.15) is 0 Å². The third kappa shape index (κ3) is 37.5. The molecule has 0 heterocycles. The van der Waals surface area contributed by atoms with E-state index in [4.69, 9.17) is 14.2 Å². The van der Waals surface area contributed by atoms with E-state index in [2.05, 4.69) is 27.7 Å². The van der Waals surface area contributed by atoms with Crippen LogP contribution in [0.25, 0.3) is 0 Å². The lowest BCUT2D eigenvalue weighted by Gasteiger charge is -2.18. The van der Waals surface area contributed by atoms with Gasteiger partial charge in [0.25, 0.3) is 0 Å². The molecular formula is C43H82O6. The van der Waals surface area contributed by atoms with Gasteiger partial charge in [-0.05, 0) is 25.2 Å². The van der Waals surface area contributed by atoms with Crippen LogP contribution in [0.4, 0.5) is 0 Å². The average molecular weight is 695 g/mol. The van der Waals surface area contributed by atoms with Gasteiger partial charge >= 0.3 is 17.9 Å². The molecule has 0 amide bonds. The summed E-state index contributed by atoms with van der Waals surface area (Å²) in [6.45, 7) is 8.90. The summed E-state index contributed by atoms with van der Waals surface area (Å²) in [5.41, 5.74) is 0. The van der Waals surface area contributed by atoms with Gasteiger partial charge in [-0.1, -0.05) is 195 Å². The van der Waals surface area contributed by atoms with Crippen LogP contribution in [0.3, 0.4) is 0 Å². The molecule has 0 aromatic heterocycles. The van der Waals surface area contributed by atoms with Crippen molar-refractivity contribution >= 4 is 17.9 Å². The standard InChI is InChI=1S/C43H82O6/c1-5-7-9-11-12-19-23-27-30-34-41(44)47-37-40(49-43(46)36-32-25-10-8-6-2)38-48-42(45)35-31-28-24-21-18-16-14-13-15-17-20-22-26-29-33-39(3)4/h39-40H,5-38H2,1-4H3/t40-/m0/s1. The van der Waals surface area contributed by atoms with Crippen LogP contribution in [-0.2, 0) is 28.6 Å². The third-order valence-electron chi connectivity index (χ3n) is 9.54. The van der Waals surface area contributed by atoms with E-state index in [1.807, 2.05) is 0 Å². The molecule has 6 nitrogen and oxygen atoms in total. The van der Waals surface area contributed by atoms with E-state index >= 15 is 0 Å². The van der Waals surface area contributed by atoms with Crippen LogP contribution >= 0.6 is 0 Å². The first kappa shape index (κ1) is 47.4. The fourth-order valence-electron chi connectivity index (χ4n) is 6.27. The normalized spacial score (nSPS) is 11.9. The number of hydrogen-bond donors (Lipinski definition) is 0. The van der Waals surface area contributed by atoms with Crippen LogP contribution in [-0.4, -0.2) is 37.2 Å². The van der Waals surface area contributed by atoms with Crippen LogP contribution in [0.15, 0.2) is 0 Å². The molecule has 1 atom stereocenters. The maximum Gasteiger partial charge on any atom is 0.306 e. The Morgan fingerprint density at radius 2 is 0.673 bits per heavy atom. The van der Waals surface area contributed by atoms with Gasteiger partial charge in [0, 0.05) is 19.3 Å². The Hall–Kier alpha value is -1.59. The van der Waals surface area contributed by atoms with Gasteiger partial charge in [-0.25, -0.2) is 0 Å². The van der Waals surface area contributed by atoms with Gasteiger partial charge in [-0.15, -0.1) is 0 Å². The maximum atomic E-state index is 12.5. The summed E-state index contributed by atoms with van der Waals surface area (Å²) in [4.78, 5) is 37.3. The quantitative estimate of drug-likeness (QED) is 0.0364. The van der Waals surface area contributed by atoms with E-state index in [1.54, 1.807) is 0 Å². The molecule has 0 spiro atoms. The lowest BCUT2D eigenvalue weighted by atomic mass is 10.0. The second kappa shape index (κ2) is 37.7. The lowest BCUT2D eigenvalue weighted by molar-refractivity contribution is -0.167. The van der Waals surface area contributed by atoms with Gasteiger partial charge < -0.3 is 14.2 Å². The smallest absolute Gasteiger partial charge is 0.306 e. The fraction of sp³-hybridized carbons (Fsp3) is 0.930. The van der Waals surface area contributed by atoms with E-state index in [0.717, 1.165) is 70.1 Å². The van der Waals surface area contributed by atoms with Crippen molar-refractivity contribution in [3.05, 3.63) is 0 Å². The summed E-state index contributed by atoms with van der Waals surface area (Å²) < 4.78 is 16.5. The van der Waals surface area contributed by atoms with Crippen molar-refractivity contribution in [2.24, 2.45) is 5.92 Å². The fourth-order valence-corrected chi connectivity index (χ4v) is 6.27. The molecule has 0 aromatic carbocycles. The summed E-state index contributed by atoms with van der Waals surface area (Å²) in [5.74, 6) is -0.0304. The SMILES string of the molecule is CCCCCCCCCCCC(=O)OC[C@@H](COC(=O)CCCCCCCCCCCCCCCCC(C)C)OC(=O)CCCCCCC. The van der Waals surface area contributed by atoms with E-state index in [9.17, 15) is 14.4 Å². The number of carbonyl (C=O) groups is 3. The van der Waals surface area contributed by atoms with E-state index in [-0.39, 0.29) is 31.1 Å². The average Bonchev–Trinajstić information content (AvgIpc) is 3.08. The first-order chi connectivity index (χ1) is 23.9. The second-order valence-corrected chi connectivity index (χ2v) is 15.1. The second-order valence-electron chi connectivity index (χ2n) is 15.1. The highest BCUT2D eigenvalue weighted by molar-refractivity contribution is 5.71.